The van der Waals surface area contributed by atoms with Crippen LogP contribution in [0.1, 0.15) is 29.7 Å². The molecule has 7 nitrogen and oxygen atoms in total. The van der Waals surface area contributed by atoms with Crippen LogP contribution in [0.4, 0.5) is 0 Å². The lowest BCUT2D eigenvalue weighted by atomic mass is 9.95. The number of benzene rings is 3. The van der Waals surface area contributed by atoms with E-state index in [4.69, 9.17) is 9.47 Å². The molecule has 0 saturated carbocycles. The molecular formula is C30H28N2O5. The van der Waals surface area contributed by atoms with Gasteiger partial charge in [-0.3, -0.25) is 9.59 Å². The Balaban J connectivity index is 1.54. The quantitative estimate of drug-likeness (QED) is 0.198. The van der Waals surface area contributed by atoms with Crippen LogP contribution in [-0.4, -0.2) is 46.9 Å². The summed E-state index contributed by atoms with van der Waals surface area (Å²) in [5.74, 6) is -0.231. The highest BCUT2D eigenvalue weighted by atomic mass is 16.5. The number of carbonyl (C=O) groups excluding carboxylic acids is 2. The van der Waals surface area contributed by atoms with E-state index < -0.39 is 17.7 Å². The van der Waals surface area contributed by atoms with Crippen LogP contribution in [-0.2, 0) is 16.0 Å². The van der Waals surface area contributed by atoms with Crippen molar-refractivity contribution in [3.05, 3.63) is 101 Å². The van der Waals surface area contributed by atoms with Gasteiger partial charge in [-0.15, -0.1) is 0 Å². The number of aromatic nitrogens is 1. The number of aliphatic hydroxyl groups is 1. The van der Waals surface area contributed by atoms with E-state index in [0.29, 0.717) is 36.6 Å². The second-order valence-corrected chi connectivity index (χ2v) is 8.83. The first kappa shape index (κ1) is 24.2. The van der Waals surface area contributed by atoms with Crippen molar-refractivity contribution in [3.63, 3.8) is 0 Å². The number of hydrogen-bond donors (Lipinski definition) is 2. The van der Waals surface area contributed by atoms with Gasteiger partial charge in [-0.2, -0.15) is 0 Å². The van der Waals surface area contributed by atoms with E-state index in [2.05, 4.69) is 4.98 Å². The van der Waals surface area contributed by atoms with Crippen LogP contribution in [0.5, 0.6) is 11.5 Å². The van der Waals surface area contributed by atoms with Crippen molar-refractivity contribution in [2.24, 2.45) is 0 Å². The summed E-state index contributed by atoms with van der Waals surface area (Å²) < 4.78 is 10.8. The maximum Gasteiger partial charge on any atom is 0.295 e. The number of H-pyrrole nitrogens is 1. The normalized spacial score (nSPS) is 16.9. The molecule has 37 heavy (non-hydrogen) atoms. The summed E-state index contributed by atoms with van der Waals surface area (Å²) in [7, 11) is 1.56. The van der Waals surface area contributed by atoms with Crippen LogP contribution in [0, 0.1) is 0 Å². The fourth-order valence-electron chi connectivity index (χ4n) is 4.85. The Kier molecular flexibility index (Phi) is 6.68. The number of Topliss-reactive ketones (excluding diaryl/α,β-unsaturated/α-hetero) is 1. The fraction of sp³-hybridized carbons (Fsp3) is 0.200. The number of likely N-dealkylation sites (tertiary alicyclic amines) is 1. The number of aromatic amines is 1. The Morgan fingerprint density at radius 2 is 1.68 bits per heavy atom. The standard InChI is InChI=1S/C30H28N2O5/c1-3-37-23-14-8-19(9-15-23)27-26(28(33)20-10-12-22(36-2)13-11-20)29(34)30(35)32(27)17-16-21-18-31-25-7-5-4-6-24(21)25/h4-15,18,27,31,33H,3,16-17H2,1-2H3/t27-/m0/s1. The topological polar surface area (TPSA) is 91.9 Å². The fourth-order valence-corrected chi connectivity index (χ4v) is 4.85. The second-order valence-electron chi connectivity index (χ2n) is 8.83. The number of methoxy groups -OCH3 is 1. The molecule has 0 unspecified atom stereocenters. The minimum Gasteiger partial charge on any atom is -0.507 e. The maximum absolute atomic E-state index is 13.3. The van der Waals surface area contributed by atoms with E-state index in [-0.39, 0.29) is 11.3 Å². The highest BCUT2D eigenvalue weighted by Gasteiger charge is 2.45. The molecule has 0 aliphatic carbocycles. The molecule has 4 aromatic rings. The zero-order valence-electron chi connectivity index (χ0n) is 20.7. The summed E-state index contributed by atoms with van der Waals surface area (Å²) in [6, 6.07) is 21.3. The molecule has 2 N–H and O–H groups in total. The average molecular weight is 497 g/mol. The highest BCUT2D eigenvalue weighted by Crippen LogP contribution is 2.40. The SMILES string of the molecule is CCOc1ccc([C@H]2C(=C(O)c3ccc(OC)cc3)C(=O)C(=O)N2CCc2c[nH]c3ccccc23)cc1. The molecule has 1 fully saturated rings. The Labute approximate surface area is 214 Å². The zero-order valence-corrected chi connectivity index (χ0v) is 20.7. The molecule has 1 atom stereocenters. The third-order valence-corrected chi connectivity index (χ3v) is 6.71. The lowest BCUT2D eigenvalue weighted by Crippen LogP contribution is -2.31. The maximum atomic E-state index is 13.3. The molecule has 1 amide bonds. The summed E-state index contributed by atoms with van der Waals surface area (Å²) in [6.07, 6.45) is 2.48. The number of carbonyl (C=O) groups is 2. The van der Waals surface area contributed by atoms with E-state index >= 15 is 0 Å². The van der Waals surface area contributed by atoms with Crippen LogP contribution in [0.15, 0.2) is 84.6 Å². The summed E-state index contributed by atoms with van der Waals surface area (Å²) in [5, 5.41) is 12.3. The third-order valence-electron chi connectivity index (χ3n) is 6.71. The molecule has 3 aromatic carbocycles. The van der Waals surface area contributed by atoms with Crippen molar-refractivity contribution in [3.8, 4) is 11.5 Å². The molecule has 188 valence electrons. The van der Waals surface area contributed by atoms with Gasteiger partial charge in [-0.05, 0) is 66.9 Å². The number of nitrogens with zero attached hydrogens (tertiary/aromatic N) is 1. The predicted octanol–water partition coefficient (Wildman–Crippen LogP) is 5.24. The van der Waals surface area contributed by atoms with Gasteiger partial charge in [-0.1, -0.05) is 30.3 Å². The molecule has 5 rings (SSSR count). The minimum absolute atomic E-state index is 0.0678. The third kappa shape index (κ3) is 4.56. The number of ketones is 1. The number of amides is 1. The minimum atomic E-state index is -0.733. The molecule has 0 spiro atoms. The summed E-state index contributed by atoms with van der Waals surface area (Å²) in [4.78, 5) is 31.4. The first-order valence-electron chi connectivity index (χ1n) is 12.2. The summed E-state index contributed by atoms with van der Waals surface area (Å²) >= 11 is 0. The molecule has 0 bridgehead atoms. The van der Waals surface area contributed by atoms with Crippen LogP contribution in [0.2, 0.25) is 0 Å². The van der Waals surface area contributed by atoms with Crippen molar-refractivity contribution in [1.82, 2.24) is 9.88 Å². The van der Waals surface area contributed by atoms with Crippen LogP contribution >= 0.6 is 0 Å². The van der Waals surface area contributed by atoms with E-state index in [1.165, 1.54) is 0 Å². The average Bonchev–Trinajstić information content (AvgIpc) is 3.46. The monoisotopic (exact) mass is 496 g/mol. The number of aliphatic hydroxyl groups excluding tert-OH is 1. The first-order chi connectivity index (χ1) is 18.0. The van der Waals surface area contributed by atoms with Gasteiger partial charge in [0.25, 0.3) is 11.7 Å². The molecule has 7 heteroatoms. The van der Waals surface area contributed by atoms with Crippen LogP contribution in [0.25, 0.3) is 16.7 Å². The van der Waals surface area contributed by atoms with Gasteiger partial charge >= 0.3 is 0 Å². The van der Waals surface area contributed by atoms with Gasteiger partial charge in [0.1, 0.15) is 17.3 Å². The van der Waals surface area contributed by atoms with Crippen molar-refractivity contribution < 1.29 is 24.2 Å². The van der Waals surface area contributed by atoms with E-state index in [1.54, 1.807) is 36.3 Å². The van der Waals surface area contributed by atoms with Crippen molar-refractivity contribution in [2.75, 3.05) is 20.3 Å². The molecule has 0 radical (unpaired) electrons. The number of para-hydroxylation sites is 1. The zero-order chi connectivity index (χ0) is 25.9. The number of nitrogens with one attached hydrogen (secondary N) is 1. The lowest BCUT2D eigenvalue weighted by Gasteiger charge is -2.25. The van der Waals surface area contributed by atoms with E-state index in [9.17, 15) is 14.7 Å². The first-order valence-corrected chi connectivity index (χ1v) is 12.2. The van der Waals surface area contributed by atoms with Crippen molar-refractivity contribution in [2.45, 2.75) is 19.4 Å². The van der Waals surface area contributed by atoms with Crippen molar-refractivity contribution in [1.29, 1.82) is 0 Å². The van der Waals surface area contributed by atoms with Gasteiger partial charge in [0.2, 0.25) is 0 Å². The van der Waals surface area contributed by atoms with E-state index in [0.717, 1.165) is 22.0 Å². The summed E-state index contributed by atoms with van der Waals surface area (Å²) in [6.45, 7) is 2.74. The lowest BCUT2D eigenvalue weighted by molar-refractivity contribution is -0.139. The Morgan fingerprint density at radius 3 is 2.38 bits per heavy atom. The number of ether oxygens (including phenoxy) is 2. The van der Waals surface area contributed by atoms with Crippen molar-refractivity contribution >= 4 is 28.4 Å². The molecule has 1 aliphatic heterocycles. The Hall–Kier alpha value is -4.52. The smallest absolute Gasteiger partial charge is 0.295 e. The van der Waals surface area contributed by atoms with Crippen LogP contribution < -0.4 is 9.47 Å². The molecule has 1 aliphatic rings. The Bertz CT molecular complexity index is 1470. The number of fused-ring (bicyclic) bond motifs is 1. The Morgan fingerprint density at radius 1 is 0.973 bits per heavy atom. The van der Waals surface area contributed by atoms with Gasteiger partial charge in [0.05, 0.1) is 25.3 Å². The highest BCUT2D eigenvalue weighted by molar-refractivity contribution is 6.46. The molecule has 2 heterocycles. The molecular weight excluding hydrogens is 468 g/mol. The number of hydrogen-bond acceptors (Lipinski definition) is 5. The van der Waals surface area contributed by atoms with Crippen LogP contribution in [0.3, 0.4) is 0 Å². The van der Waals surface area contributed by atoms with Gasteiger partial charge < -0.3 is 24.5 Å². The number of rotatable bonds is 8. The predicted molar refractivity (Wildman–Crippen MR) is 142 cm³/mol. The molecule has 1 aromatic heterocycles. The van der Waals surface area contributed by atoms with E-state index in [1.807, 2.05) is 61.7 Å². The largest absolute Gasteiger partial charge is 0.507 e. The van der Waals surface area contributed by atoms with Gasteiger partial charge in [0, 0.05) is 29.2 Å². The molecule has 1 saturated heterocycles. The van der Waals surface area contributed by atoms with Gasteiger partial charge in [0.15, 0.2) is 0 Å². The second kappa shape index (κ2) is 10.2. The van der Waals surface area contributed by atoms with Gasteiger partial charge in [-0.25, -0.2) is 0 Å². The summed E-state index contributed by atoms with van der Waals surface area (Å²) in [5.41, 5.74) is 3.29.